The zero-order chi connectivity index (χ0) is 11.8. The zero-order valence-electron chi connectivity index (χ0n) is 10.7. The van der Waals surface area contributed by atoms with E-state index in [4.69, 9.17) is 5.73 Å². The highest BCUT2D eigenvalue weighted by atomic mass is 16.3. The van der Waals surface area contributed by atoms with Crippen LogP contribution in [0.5, 0.6) is 0 Å². The van der Waals surface area contributed by atoms with Crippen molar-refractivity contribution in [2.24, 2.45) is 5.73 Å². The monoisotopic (exact) mass is 238 g/mol. The topological polar surface area (TPSA) is 49.5 Å². The van der Waals surface area contributed by atoms with Crippen LogP contribution >= 0.6 is 0 Å². The molecule has 2 bridgehead atoms. The van der Waals surface area contributed by atoms with Crippen LogP contribution in [0, 0.1) is 0 Å². The molecular formula is C14H26N2O. The highest BCUT2D eigenvalue weighted by Crippen LogP contribution is 2.39. The fourth-order valence-corrected chi connectivity index (χ4v) is 4.41. The van der Waals surface area contributed by atoms with Gasteiger partial charge < -0.3 is 10.8 Å². The minimum Gasteiger partial charge on any atom is -0.391 e. The molecular weight excluding hydrogens is 212 g/mol. The molecule has 2 heterocycles. The smallest absolute Gasteiger partial charge is 0.0695 e. The first-order valence-corrected chi connectivity index (χ1v) is 7.47. The van der Waals surface area contributed by atoms with Gasteiger partial charge >= 0.3 is 0 Å². The second-order valence-corrected chi connectivity index (χ2v) is 6.34. The van der Waals surface area contributed by atoms with Crippen LogP contribution in [0.15, 0.2) is 0 Å². The van der Waals surface area contributed by atoms with Crippen molar-refractivity contribution in [2.75, 3.05) is 0 Å². The van der Waals surface area contributed by atoms with Crippen LogP contribution in [0.3, 0.4) is 0 Å². The van der Waals surface area contributed by atoms with E-state index in [1.54, 1.807) is 0 Å². The lowest BCUT2D eigenvalue weighted by Gasteiger charge is -2.44. The molecule has 3 heteroatoms. The van der Waals surface area contributed by atoms with Crippen LogP contribution in [0.4, 0.5) is 0 Å². The van der Waals surface area contributed by atoms with E-state index in [9.17, 15) is 5.11 Å². The zero-order valence-corrected chi connectivity index (χ0v) is 10.7. The molecule has 0 aromatic carbocycles. The average molecular weight is 238 g/mol. The SMILES string of the molecule is NC1CC2CCC(C1)N2C1CCCCCC1O. The van der Waals surface area contributed by atoms with Gasteiger partial charge in [0.25, 0.3) is 0 Å². The van der Waals surface area contributed by atoms with Crippen molar-refractivity contribution in [3.63, 3.8) is 0 Å². The number of aliphatic hydroxyl groups excluding tert-OH is 1. The van der Waals surface area contributed by atoms with Gasteiger partial charge in [-0.2, -0.15) is 0 Å². The van der Waals surface area contributed by atoms with Crippen molar-refractivity contribution < 1.29 is 5.11 Å². The molecule has 3 N–H and O–H groups in total. The normalized spacial score (nSPS) is 48.0. The molecule has 4 atom stereocenters. The number of nitrogens with zero attached hydrogens (tertiary/aromatic N) is 1. The molecule has 3 aliphatic rings. The van der Waals surface area contributed by atoms with Gasteiger partial charge in [-0.05, 0) is 38.5 Å². The molecule has 2 saturated heterocycles. The summed E-state index contributed by atoms with van der Waals surface area (Å²) in [5.41, 5.74) is 6.12. The molecule has 3 nitrogen and oxygen atoms in total. The van der Waals surface area contributed by atoms with E-state index in [1.165, 1.54) is 38.5 Å². The molecule has 0 aromatic heterocycles. The summed E-state index contributed by atoms with van der Waals surface area (Å²) in [6.07, 6.45) is 10.8. The van der Waals surface area contributed by atoms with Gasteiger partial charge in [0.2, 0.25) is 0 Å². The van der Waals surface area contributed by atoms with E-state index in [1.807, 2.05) is 0 Å². The Morgan fingerprint density at radius 1 is 0.882 bits per heavy atom. The van der Waals surface area contributed by atoms with Crippen molar-refractivity contribution in [3.8, 4) is 0 Å². The first-order chi connectivity index (χ1) is 8.25. The number of fused-ring (bicyclic) bond motifs is 2. The molecule has 0 spiro atoms. The average Bonchev–Trinajstić information content (AvgIpc) is 2.50. The number of piperidine rings is 1. The predicted molar refractivity (Wildman–Crippen MR) is 68.7 cm³/mol. The third-order valence-electron chi connectivity index (χ3n) is 5.15. The lowest BCUT2D eigenvalue weighted by Crippen LogP contribution is -2.55. The van der Waals surface area contributed by atoms with E-state index in [-0.39, 0.29) is 6.10 Å². The Hall–Kier alpha value is -0.120. The van der Waals surface area contributed by atoms with Gasteiger partial charge in [-0.15, -0.1) is 0 Å². The molecule has 3 fully saturated rings. The minimum absolute atomic E-state index is 0.0880. The largest absolute Gasteiger partial charge is 0.391 e. The molecule has 98 valence electrons. The Labute approximate surface area is 104 Å². The Morgan fingerprint density at radius 2 is 1.53 bits per heavy atom. The van der Waals surface area contributed by atoms with Crippen LogP contribution in [0.25, 0.3) is 0 Å². The van der Waals surface area contributed by atoms with Crippen molar-refractivity contribution in [1.82, 2.24) is 4.90 Å². The van der Waals surface area contributed by atoms with E-state index in [0.717, 1.165) is 19.3 Å². The van der Waals surface area contributed by atoms with Crippen molar-refractivity contribution in [1.29, 1.82) is 0 Å². The first-order valence-electron chi connectivity index (χ1n) is 7.47. The van der Waals surface area contributed by atoms with Gasteiger partial charge in [0.15, 0.2) is 0 Å². The van der Waals surface area contributed by atoms with E-state index in [2.05, 4.69) is 4.90 Å². The fraction of sp³-hybridized carbons (Fsp3) is 1.00. The first kappa shape index (κ1) is 11.9. The second-order valence-electron chi connectivity index (χ2n) is 6.34. The van der Waals surface area contributed by atoms with Crippen molar-refractivity contribution in [3.05, 3.63) is 0 Å². The van der Waals surface area contributed by atoms with E-state index >= 15 is 0 Å². The lowest BCUT2D eigenvalue weighted by atomic mass is 9.93. The summed E-state index contributed by atoms with van der Waals surface area (Å²) < 4.78 is 0. The second kappa shape index (κ2) is 4.87. The maximum absolute atomic E-state index is 10.4. The van der Waals surface area contributed by atoms with E-state index in [0.29, 0.717) is 24.2 Å². The molecule has 3 rings (SSSR count). The van der Waals surface area contributed by atoms with Gasteiger partial charge in [-0.25, -0.2) is 0 Å². The number of hydrogen-bond donors (Lipinski definition) is 2. The van der Waals surface area contributed by atoms with Crippen LogP contribution in [0.1, 0.15) is 57.8 Å². The highest BCUT2D eigenvalue weighted by molar-refractivity contribution is 5.01. The maximum Gasteiger partial charge on any atom is 0.0695 e. The predicted octanol–water partition coefficient (Wildman–Crippen LogP) is 1.63. The van der Waals surface area contributed by atoms with Gasteiger partial charge in [0.1, 0.15) is 0 Å². The van der Waals surface area contributed by atoms with Crippen LogP contribution in [-0.4, -0.2) is 40.3 Å². The van der Waals surface area contributed by atoms with Crippen LogP contribution < -0.4 is 5.73 Å². The Morgan fingerprint density at radius 3 is 2.24 bits per heavy atom. The molecule has 17 heavy (non-hydrogen) atoms. The Balaban J connectivity index is 1.74. The summed E-state index contributed by atoms with van der Waals surface area (Å²) in [4.78, 5) is 2.67. The summed E-state index contributed by atoms with van der Waals surface area (Å²) in [5.74, 6) is 0. The fourth-order valence-electron chi connectivity index (χ4n) is 4.41. The number of nitrogens with two attached hydrogens (primary N) is 1. The minimum atomic E-state index is -0.0880. The van der Waals surface area contributed by atoms with Crippen LogP contribution in [-0.2, 0) is 0 Å². The maximum atomic E-state index is 10.4. The van der Waals surface area contributed by atoms with Crippen molar-refractivity contribution in [2.45, 2.75) is 88.1 Å². The summed E-state index contributed by atoms with van der Waals surface area (Å²) in [5, 5.41) is 10.4. The summed E-state index contributed by atoms with van der Waals surface area (Å²) in [7, 11) is 0. The molecule has 1 saturated carbocycles. The van der Waals surface area contributed by atoms with Gasteiger partial charge in [-0.3, -0.25) is 4.90 Å². The van der Waals surface area contributed by atoms with Gasteiger partial charge in [0.05, 0.1) is 6.10 Å². The Kier molecular flexibility index (Phi) is 3.42. The summed E-state index contributed by atoms with van der Waals surface area (Å²) in [6, 6.07) is 2.18. The number of aliphatic hydroxyl groups is 1. The molecule has 0 aromatic rings. The third kappa shape index (κ3) is 2.25. The van der Waals surface area contributed by atoms with Gasteiger partial charge in [-0.1, -0.05) is 19.3 Å². The molecule has 2 aliphatic heterocycles. The number of rotatable bonds is 1. The van der Waals surface area contributed by atoms with Crippen LogP contribution in [0.2, 0.25) is 0 Å². The molecule has 0 amide bonds. The standard InChI is InChI=1S/C14H26N2O/c15-10-8-11-6-7-12(9-10)16(11)13-4-2-1-3-5-14(13)17/h10-14,17H,1-9,15H2. The number of hydrogen-bond acceptors (Lipinski definition) is 3. The van der Waals surface area contributed by atoms with Crippen molar-refractivity contribution >= 4 is 0 Å². The van der Waals surface area contributed by atoms with Gasteiger partial charge in [0, 0.05) is 24.2 Å². The molecule has 1 aliphatic carbocycles. The highest BCUT2D eigenvalue weighted by Gasteiger charge is 2.44. The molecule has 4 unspecified atom stereocenters. The Bertz CT molecular complexity index is 257. The molecule has 0 radical (unpaired) electrons. The summed E-state index contributed by atoms with van der Waals surface area (Å²) >= 11 is 0. The summed E-state index contributed by atoms with van der Waals surface area (Å²) in [6.45, 7) is 0. The lowest BCUT2D eigenvalue weighted by molar-refractivity contribution is -0.00481. The quantitative estimate of drug-likeness (QED) is 0.683. The third-order valence-corrected chi connectivity index (χ3v) is 5.15. The van der Waals surface area contributed by atoms with E-state index < -0.39 is 0 Å².